The molecule has 6 aromatic rings. The summed E-state index contributed by atoms with van der Waals surface area (Å²) < 4.78 is 4.79. The van der Waals surface area contributed by atoms with Crippen LogP contribution in [0.1, 0.15) is 67.5 Å². The van der Waals surface area contributed by atoms with Crippen LogP contribution in [0.5, 0.6) is 0 Å². The number of benzene rings is 4. The van der Waals surface area contributed by atoms with Crippen molar-refractivity contribution >= 4 is 21.8 Å². The molecule has 0 amide bonds. The first-order valence-corrected chi connectivity index (χ1v) is 14.1. The molecule has 0 saturated carbocycles. The minimum atomic E-state index is 0.413. The second-order valence-electron chi connectivity index (χ2n) is 11.5. The van der Waals surface area contributed by atoms with Crippen LogP contribution < -0.4 is 0 Å². The number of fused-ring (bicyclic) bond motifs is 3. The Hall–Kier alpha value is -4.11. The molecule has 0 aliphatic rings. The van der Waals surface area contributed by atoms with Crippen LogP contribution in [-0.2, 0) is 0 Å². The SMILES string of the molecule is Cc1cc(-c2ncc(C)n2-c2c(C(C)C)cccc2C(C)C)ccc1-n1c2ccccc2c2c(C)cccc21. The van der Waals surface area contributed by atoms with E-state index in [2.05, 4.69) is 136 Å². The maximum Gasteiger partial charge on any atom is 0.144 e. The van der Waals surface area contributed by atoms with E-state index in [1.807, 2.05) is 6.20 Å². The second kappa shape index (κ2) is 9.57. The van der Waals surface area contributed by atoms with E-state index in [0.29, 0.717) is 11.8 Å². The average molecular weight is 512 g/mol. The molecule has 2 aromatic heterocycles. The highest BCUT2D eigenvalue weighted by Gasteiger charge is 2.21. The number of imidazole rings is 1. The van der Waals surface area contributed by atoms with E-state index in [9.17, 15) is 0 Å². The predicted octanol–water partition coefficient (Wildman–Crippen LogP) is 9.81. The van der Waals surface area contributed by atoms with Gasteiger partial charge in [0.05, 0.1) is 16.7 Å². The molecule has 3 nitrogen and oxygen atoms in total. The van der Waals surface area contributed by atoms with Crippen LogP contribution in [0.2, 0.25) is 0 Å². The fourth-order valence-electron chi connectivity index (χ4n) is 6.20. The summed E-state index contributed by atoms with van der Waals surface area (Å²) >= 11 is 0. The molecule has 39 heavy (non-hydrogen) atoms. The molecule has 0 bridgehead atoms. The summed E-state index contributed by atoms with van der Waals surface area (Å²) in [6.07, 6.45) is 2.01. The lowest BCUT2D eigenvalue weighted by atomic mass is 9.92. The quantitative estimate of drug-likeness (QED) is 0.226. The van der Waals surface area contributed by atoms with Crippen molar-refractivity contribution in [1.82, 2.24) is 14.1 Å². The molecule has 196 valence electrons. The minimum absolute atomic E-state index is 0.413. The average Bonchev–Trinajstić information content (AvgIpc) is 3.46. The summed E-state index contributed by atoms with van der Waals surface area (Å²) in [5.74, 6) is 1.82. The number of nitrogens with zero attached hydrogens (tertiary/aromatic N) is 3. The Bertz CT molecular complexity index is 1820. The Kier molecular flexibility index (Phi) is 6.18. The van der Waals surface area contributed by atoms with Crippen molar-refractivity contribution < 1.29 is 0 Å². The summed E-state index contributed by atoms with van der Waals surface area (Å²) in [5, 5.41) is 2.63. The third-order valence-corrected chi connectivity index (χ3v) is 8.11. The largest absolute Gasteiger partial charge is 0.309 e. The molecule has 3 heteroatoms. The molecule has 0 fully saturated rings. The standard InChI is InChI=1S/C36H37N3/c1-22(2)28-14-11-15-29(23(3)4)35(28)38-26(7)21-37-36(38)27-18-19-31(25(6)20-27)39-32-16-9-8-13-30(32)34-24(5)12-10-17-33(34)39/h8-23H,1-7H3. The summed E-state index contributed by atoms with van der Waals surface area (Å²) in [6.45, 7) is 15.7. The van der Waals surface area contributed by atoms with Gasteiger partial charge in [0.25, 0.3) is 0 Å². The lowest BCUT2D eigenvalue weighted by molar-refractivity contribution is 0.801. The lowest BCUT2D eigenvalue weighted by Crippen LogP contribution is -2.10. The highest BCUT2D eigenvalue weighted by atomic mass is 15.1. The van der Waals surface area contributed by atoms with Gasteiger partial charge in [0, 0.05) is 33.9 Å². The number of para-hydroxylation sites is 2. The van der Waals surface area contributed by atoms with E-state index in [0.717, 1.165) is 17.1 Å². The van der Waals surface area contributed by atoms with Gasteiger partial charge >= 0.3 is 0 Å². The fourth-order valence-corrected chi connectivity index (χ4v) is 6.20. The van der Waals surface area contributed by atoms with Crippen LogP contribution in [0.15, 0.2) is 85.1 Å². The van der Waals surface area contributed by atoms with Crippen molar-refractivity contribution in [2.75, 3.05) is 0 Å². The van der Waals surface area contributed by atoms with Crippen molar-refractivity contribution in [2.24, 2.45) is 0 Å². The monoisotopic (exact) mass is 511 g/mol. The Labute approximate surface area is 231 Å². The maximum atomic E-state index is 4.96. The van der Waals surface area contributed by atoms with Crippen LogP contribution in [-0.4, -0.2) is 14.1 Å². The Morgan fingerprint density at radius 3 is 2.00 bits per heavy atom. The number of rotatable bonds is 5. The first kappa shape index (κ1) is 25.2. The van der Waals surface area contributed by atoms with Gasteiger partial charge in [0.15, 0.2) is 0 Å². The number of aryl methyl sites for hydroxylation is 3. The zero-order chi connectivity index (χ0) is 27.4. The first-order valence-electron chi connectivity index (χ1n) is 14.1. The van der Waals surface area contributed by atoms with Gasteiger partial charge in [0.1, 0.15) is 5.82 Å². The van der Waals surface area contributed by atoms with E-state index in [4.69, 9.17) is 4.98 Å². The fraction of sp³-hybridized carbons (Fsp3) is 0.250. The van der Waals surface area contributed by atoms with Gasteiger partial charge < -0.3 is 4.57 Å². The predicted molar refractivity (Wildman–Crippen MR) is 166 cm³/mol. The molecule has 0 aliphatic heterocycles. The van der Waals surface area contributed by atoms with Crippen LogP contribution >= 0.6 is 0 Å². The molecule has 0 aliphatic carbocycles. The molecule has 0 N–H and O–H groups in total. The molecule has 0 unspecified atom stereocenters. The molecule has 0 spiro atoms. The smallest absolute Gasteiger partial charge is 0.144 e. The van der Waals surface area contributed by atoms with E-state index >= 15 is 0 Å². The van der Waals surface area contributed by atoms with Gasteiger partial charge in [-0.25, -0.2) is 4.98 Å². The van der Waals surface area contributed by atoms with Crippen molar-refractivity contribution in [2.45, 2.75) is 60.3 Å². The molecule has 0 atom stereocenters. The molecule has 2 heterocycles. The van der Waals surface area contributed by atoms with Gasteiger partial charge in [-0.2, -0.15) is 0 Å². The number of hydrogen-bond acceptors (Lipinski definition) is 1. The van der Waals surface area contributed by atoms with Crippen molar-refractivity contribution in [1.29, 1.82) is 0 Å². The first-order chi connectivity index (χ1) is 18.8. The normalized spacial score (nSPS) is 11.9. The number of aromatic nitrogens is 3. The zero-order valence-electron chi connectivity index (χ0n) is 24.1. The van der Waals surface area contributed by atoms with Crippen LogP contribution in [0.25, 0.3) is 44.6 Å². The minimum Gasteiger partial charge on any atom is -0.309 e. The van der Waals surface area contributed by atoms with Crippen molar-refractivity contribution in [3.63, 3.8) is 0 Å². The van der Waals surface area contributed by atoms with E-state index < -0.39 is 0 Å². The summed E-state index contributed by atoms with van der Waals surface area (Å²) in [5.41, 5.74) is 12.5. The van der Waals surface area contributed by atoms with E-state index in [-0.39, 0.29) is 0 Å². The van der Waals surface area contributed by atoms with Crippen molar-refractivity contribution in [3.05, 3.63) is 113 Å². The third-order valence-electron chi connectivity index (χ3n) is 8.11. The highest BCUT2D eigenvalue weighted by molar-refractivity contribution is 6.10. The van der Waals surface area contributed by atoms with Crippen LogP contribution in [0.4, 0.5) is 0 Å². The van der Waals surface area contributed by atoms with Crippen molar-refractivity contribution in [3.8, 4) is 22.8 Å². The Morgan fingerprint density at radius 2 is 1.31 bits per heavy atom. The Morgan fingerprint density at radius 1 is 0.641 bits per heavy atom. The third kappa shape index (κ3) is 3.99. The highest BCUT2D eigenvalue weighted by Crippen LogP contribution is 2.38. The molecule has 0 radical (unpaired) electrons. The second-order valence-corrected chi connectivity index (χ2v) is 11.5. The number of hydrogen-bond donors (Lipinski definition) is 0. The van der Waals surface area contributed by atoms with Gasteiger partial charge in [-0.3, -0.25) is 4.57 Å². The maximum absolute atomic E-state index is 4.96. The van der Waals surface area contributed by atoms with E-state index in [1.165, 1.54) is 55.4 Å². The van der Waals surface area contributed by atoms with Gasteiger partial charge in [-0.15, -0.1) is 0 Å². The molecule has 6 rings (SSSR count). The molecular weight excluding hydrogens is 474 g/mol. The van der Waals surface area contributed by atoms with Crippen LogP contribution in [0.3, 0.4) is 0 Å². The van der Waals surface area contributed by atoms with Gasteiger partial charge in [0.2, 0.25) is 0 Å². The lowest BCUT2D eigenvalue weighted by Gasteiger charge is -2.23. The summed E-state index contributed by atoms with van der Waals surface area (Å²) in [6, 6.07) is 28.9. The molecular formula is C36H37N3. The molecule has 4 aromatic carbocycles. The summed E-state index contributed by atoms with van der Waals surface area (Å²) in [7, 11) is 0. The van der Waals surface area contributed by atoms with Gasteiger partial charge in [-0.05, 0) is 85.2 Å². The zero-order valence-corrected chi connectivity index (χ0v) is 24.1. The van der Waals surface area contributed by atoms with Crippen LogP contribution in [0, 0.1) is 20.8 Å². The van der Waals surface area contributed by atoms with E-state index in [1.54, 1.807) is 0 Å². The topological polar surface area (TPSA) is 22.8 Å². The Balaban J connectivity index is 1.56. The summed E-state index contributed by atoms with van der Waals surface area (Å²) in [4.78, 5) is 4.96. The molecule has 0 saturated heterocycles. The van der Waals surface area contributed by atoms with Gasteiger partial charge in [-0.1, -0.05) is 76.2 Å².